The molecule has 5 heteroatoms. The number of anilines is 1. The van der Waals surface area contributed by atoms with Crippen molar-refractivity contribution in [2.75, 3.05) is 12.8 Å². The van der Waals surface area contributed by atoms with Crippen LogP contribution in [0.3, 0.4) is 0 Å². The molecule has 0 heterocycles. The van der Waals surface area contributed by atoms with Gasteiger partial charge in [-0.25, -0.2) is 9.18 Å². The van der Waals surface area contributed by atoms with E-state index in [2.05, 4.69) is 4.74 Å². The van der Waals surface area contributed by atoms with E-state index < -0.39 is 11.8 Å². The summed E-state index contributed by atoms with van der Waals surface area (Å²) in [6.45, 7) is 0. The Morgan fingerprint density at radius 1 is 1.32 bits per heavy atom. The van der Waals surface area contributed by atoms with Crippen LogP contribution in [0.5, 0.6) is 5.75 Å². The number of halogens is 1. The largest absolute Gasteiger partial charge is 0.487 e. The molecule has 0 radical (unpaired) electrons. The second kappa shape index (κ2) is 5.91. The number of esters is 1. The van der Waals surface area contributed by atoms with E-state index in [4.69, 9.17) is 10.5 Å². The number of nitrogens with two attached hydrogens (primary N) is 1. The van der Waals surface area contributed by atoms with Crippen molar-refractivity contribution >= 4 is 11.7 Å². The zero-order valence-electron chi connectivity index (χ0n) is 10.9. The Bertz CT molecular complexity index is 470. The number of benzene rings is 1. The first-order valence-corrected chi connectivity index (χ1v) is 6.46. The van der Waals surface area contributed by atoms with Gasteiger partial charge >= 0.3 is 5.97 Å². The molecule has 19 heavy (non-hydrogen) atoms. The van der Waals surface area contributed by atoms with E-state index in [9.17, 15) is 9.18 Å². The summed E-state index contributed by atoms with van der Waals surface area (Å²) in [4.78, 5) is 11.5. The summed E-state index contributed by atoms with van der Waals surface area (Å²) in [5.74, 6) is -1.07. The van der Waals surface area contributed by atoms with E-state index in [1.165, 1.54) is 19.6 Å². The van der Waals surface area contributed by atoms with Crippen molar-refractivity contribution in [2.24, 2.45) is 0 Å². The number of methoxy groups -OCH3 is 1. The molecule has 0 atom stereocenters. The molecule has 0 aromatic heterocycles. The smallest absolute Gasteiger partial charge is 0.340 e. The van der Waals surface area contributed by atoms with Crippen molar-refractivity contribution in [1.29, 1.82) is 0 Å². The molecule has 1 fully saturated rings. The highest BCUT2D eigenvalue weighted by atomic mass is 19.1. The van der Waals surface area contributed by atoms with E-state index in [0.29, 0.717) is 0 Å². The summed E-state index contributed by atoms with van der Waals surface area (Å²) in [5.41, 5.74) is 5.79. The van der Waals surface area contributed by atoms with Gasteiger partial charge in [-0.1, -0.05) is 6.42 Å². The molecule has 1 aromatic rings. The van der Waals surface area contributed by atoms with Crippen molar-refractivity contribution in [1.82, 2.24) is 0 Å². The van der Waals surface area contributed by atoms with Gasteiger partial charge in [0.15, 0.2) is 11.6 Å². The second-order valence-corrected chi connectivity index (χ2v) is 4.74. The number of ether oxygens (including phenoxy) is 2. The molecule has 2 N–H and O–H groups in total. The molecule has 0 bridgehead atoms. The van der Waals surface area contributed by atoms with Gasteiger partial charge in [-0.15, -0.1) is 0 Å². The topological polar surface area (TPSA) is 61.5 Å². The average Bonchev–Trinajstić information content (AvgIpc) is 2.42. The first-order valence-electron chi connectivity index (χ1n) is 6.46. The fourth-order valence-electron chi connectivity index (χ4n) is 2.31. The SMILES string of the molecule is COC(=O)c1cc(OC2CCCCC2)c(F)cc1N. The standard InChI is InChI=1S/C14H18FNO3/c1-18-14(17)10-7-13(11(15)8-12(10)16)19-9-5-3-2-4-6-9/h7-9H,2-6,16H2,1H3. The summed E-state index contributed by atoms with van der Waals surface area (Å²) >= 11 is 0. The average molecular weight is 267 g/mol. The van der Waals surface area contributed by atoms with Crippen LogP contribution in [0, 0.1) is 5.82 Å². The summed E-state index contributed by atoms with van der Waals surface area (Å²) < 4.78 is 24.0. The van der Waals surface area contributed by atoms with Crippen LogP contribution in [-0.4, -0.2) is 19.2 Å². The number of nitrogen functional groups attached to an aromatic ring is 1. The monoisotopic (exact) mass is 267 g/mol. The Kier molecular flexibility index (Phi) is 4.24. The molecular formula is C14H18FNO3. The van der Waals surface area contributed by atoms with Crippen LogP contribution >= 0.6 is 0 Å². The molecule has 0 amide bonds. The van der Waals surface area contributed by atoms with Gasteiger partial charge < -0.3 is 15.2 Å². The third-order valence-electron chi connectivity index (χ3n) is 3.36. The molecule has 0 aliphatic heterocycles. The van der Waals surface area contributed by atoms with Crippen molar-refractivity contribution in [3.8, 4) is 5.75 Å². The summed E-state index contributed by atoms with van der Waals surface area (Å²) in [6, 6.07) is 2.43. The highest BCUT2D eigenvalue weighted by Crippen LogP contribution is 2.29. The fraction of sp³-hybridized carbons (Fsp3) is 0.500. The number of rotatable bonds is 3. The third-order valence-corrected chi connectivity index (χ3v) is 3.36. The van der Waals surface area contributed by atoms with Crippen molar-refractivity contribution in [3.05, 3.63) is 23.5 Å². The molecule has 4 nitrogen and oxygen atoms in total. The first kappa shape index (κ1) is 13.6. The Morgan fingerprint density at radius 2 is 2.00 bits per heavy atom. The maximum Gasteiger partial charge on any atom is 0.340 e. The first-order chi connectivity index (χ1) is 9.11. The lowest BCUT2D eigenvalue weighted by Gasteiger charge is -2.23. The van der Waals surface area contributed by atoms with Crippen LogP contribution in [-0.2, 0) is 4.74 Å². The molecule has 104 valence electrons. The third kappa shape index (κ3) is 3.16. The van der Waals surface area contributed by atoms with Gasteiger partial charge in [-0.3, -0.25) is 0 Å². The lowest BCUT2D eigenvalue weighted by molar-refractivity contribution is 0.0600. The quantitative estimate of drug-likeness (QED) is 0.675. The summed E-state index contributed by atoms with van der Waals surface area (Å²) in [7, 11) is 1.26. The lowest BCUT2D eigenvalue weighted by atomic mass is 9.98. The van der Waals surface area contributed by atoms with E-state index in [1.807, 2.05) is 0 Å². The molecule has 0 unspecified atom stereocenters. The highest BCUT2D eigenvalue weighted by molar-refractivity contribution is 5.95. The molecule has 1 saturated carbocycles. The van der Waals surface area contributed by atoms with Gasteiger partial charge in [0.2, 0.25) is 0 Å². The normalized spacial score (nSPS) is 16.1. The lowest BCUT2D eigenvalue weighted by Crippen LogP contribution is -2.20. The zero-order chi connectivity index (χ0) is 13.8. The van der Waals surface area contributed by atoms with Crippen molar-refractivity contribution < 1.29 is 18.7 Å². The summed E-state index contributed by atoms with van der Waals surface area (Å²) in [5, 5.41) is 0. The molecule has 0 spiro atoms. The minimum Gasteiger partial charge on any atom is -0.487 e. The number of hydrogen-bond acceptors (Lipinski definition) is 4. The van der Waals surface area contributed by atoms with Gasteiger partial charge in [0.1, 0.15) is 0 Å². The van der Waals surface area contributed by atoms with Gasteiger partial charge in [-0.05, 0) is 31.7 Å². The molecular weight excluding hydrogens is 249 g/mol. The van der Waals surface area contributed by atoms with Crippen LogP contribution in [0.15, 0.2) is 12.1 Å². The van der Waals surface area contributed by atoms with E-state index in [1.54, 1.807) is 0 Å². The number of hydrogen-bond donors (Lipinski definition) is 1. The Hall–Kier alpha value is -1.78. The van der Waals surface area contributed by atoms with Gasteiger partial charge in [-0.2, -0.15) is 0 Å². The zero-order valence-corrected chi connectivity index (χ0v) is 10.9. The van der Waals surface area contributed by atoms with Crippen molar-refractivity contribution in [3.63, 3.8) is 0 Å². The van der Waals surface area contributed by atoms with Gasteiger partial charge in [0.25, 0.3) is 0 Å². The minimum absolute atomic E-state index is 0.0115. The van der Waals surface area contributed by atoms with E-state index in [-0.39, 0.29) is 23.1 Å². The van der Waals surface area contributed by atoms with Gasteiger partial charge in [0.05, 0.1) is 18.8 Å². The highest BCUT2D eigenvalue weighted by Gasteiger charge is 2.20. The number of carbonyl (C=O) groups is 1. The maximum absolute atomic E-state index is 13.8. The van der Waals surface area contributed by atoms with Crippen LogP contribution in [0.2, 0.25) is 0 Å². The Morgan fingerprint density at radius 3 is 2.63 bits per heavy atom. The van der Waals surface area contributed by atoms with E-state index >= 15 is 0 Å². The van der Waals surface area contributed by atoms with Crippen LogP contribution in [0.4, 0.5) is 10.1 Å². The Labute approximate surface area is 111 Å². The molecule has 1 aliphatic rings. The molecule has 1 aliphatic carbocycles. The predicted molar refractivity (Wildman–Crippen MR) is 69.7 cm³/mol. The Balaban J connectivity index is 2.21. The molecule has 0 saturated heterocycles. The predicted octanol–water partition coefficient (Wildman–Crippen LogP) is 2.91. The second-order valence-electron chi connectivity index (χ2n) is 4.74. The molecule has 2 rings (SSSR count). The van der Waals surface area contributed by atoms with Crippen molar-refractivity contribution in [2.45, 2.75) is 38.2 Å². The van der Waals surface area contributed by atoms with Crippen LogP contribution in [0.25, 0.3) is 0 Å². The van der Waals surface area contributed by atoms with E-state index in [0.717, 1.165) is 31.7 Å². The minimum atomic E-state index is -0.592. The van der Waals surface area contributed by atoms with Crippen LogP contribution in [0.1, 0.15) is 42.5 Å². The maximum atomic E-state index is 13.8. The van der Waals surface area contributed by atoms with Gasteiger partial charge in [0, 0.05) is 11.8 Å². The summed E-state index contributed by atoms with van der Waals surface area (Å²) in [6.07, 6.45) is 5.21. The molecule has 1 aromatic carbocycles. The number of carbonyl (C=O) groups excluding carboxylic acids is 1. The fourth-order valence-corrected chi connectivity index (χ4v) is 2.31. The van der Waals surface area contributed by atoms with Crippen LogP contribution < -0.4 is 10.5 Å².